The minimum absolute atomic E-state index is 0.617. The van der Waals surface area contributed by atoms with Crippen molar-refractivity contribution in [2.24, 2.45) is 0 Å². The van der Waals surface area contributed by atoms with Crippen LogP contribution >= 0.6 is 0 Å². The highest BCUT2D eigenvalue weighted by molar-refractivity contribution is 7.20. The molecule has 2 heterocycles. The highest BCUT2D eigenvalue weighted by Crippen LogP contribution is 2.41. The SMILES string of the molecule is c1ccc(-c2cccc([Si](c3ccccc3)(c3ccccc3)c3cccc(-n4c5ccccc5c5cccc(-n6c7ccccc7c7ccc(C8CCCCC8)cc76)c54)c3)c2)cc1. The van der Waals surface area contributed by atoms with Gasteiger partial charge in [-0.3, -0.25) is 0 Å². The number of fused-ring (bicyclic) bond motifs is 6. The van der Waals surface area contributed by atoms with E-state index in [0.717, 1.165) is 5.69 Å². The molecule has 0 aliphatic heterocycles. The van der Waals surface area contributed by atoms with E-state index in [4.69, 9.17) is 0 Å². The molecule has 0 bridgehead atoms. The molecule has 0 N–H and O–H groups in total. The fourth-order valence-electron chi connectivity index (χ4n) is 11.2. The van der Waals surface area contributed by atoms with Crippen LogP contribution in [-0.2, 0) is 0 Å². The van der Waals surface area contributed by atoms with E-state index < -0.39 is 8.07 Å². The lowest BCUT2D eigenvalue weighted by Crippen LogP contribution is -2.74. The van der Waals surface area contributed by atoms with Crippen LogP contribution in [0.4, 0.5) is 0 Å². The van der Waals surface area contributed by atoms with Gasteiger partial charge in [-0.1, -0.05) is 207 Å². The molecule has 63 heavy (non-hydrogen) atoms. The van der Waals surface area contributed by atoms with Gasteiger partial charge in [-0.25, -0.2) is 0 Å². The lowest BCUT2D eigenvalue weighted by atomic mass is 9.84. The molecule has 0 radical (unpaired) electrons. The molecule has 0 atom stereocenters. The molecule has 1 saturated carbocycles. The Hall–Kier alpha value is -7.20. The van der Waals surface area contributed by atoms with Crippen LogP contribution in [-0.4, -0.2) is 17.2 Å². The zero-order chi connectivity index (χ0) is 41.7. The third-order valence-electron chi connectivity index (χ3n) is 14.0. The molecular formula is C60H48N2Si. The van der Waals surface area contributed by atoms with Crippen molar-refractivity contribution in [1.29, 1.82) is 0 Å². The van der Waals surface area contributed by atoms with Gasteiger partial charge in [0, 0.05) is 27.2 Å². The van der Waals surface area contributed by atoms with Crippen LogP contribution in [0.5, 0.6) is 0 Å². The van der Waals surface area contributed by atoms with E-state index in [9.17, 15) is 0 Å². The lowest BCUT2D eigenvalue weighted by Gasteiger charge is -2.35. The first-order chi connectivity index (χ1) is 31.3. The highest BCUT2D eigenvalue weighted by atomic mass is 28.3. The maximum atomic E-state index is 2.57. The zero-order valence-corrected chi connectivity index (χ0v) is 36.4. The summed E-state index contributed by atoms with van der Waals surface area (Å²) in [4.78, 5) is 0. The lowest BCUT2D eigenvalue weighted by molar-refractivity contribution is 0.444. The van der Waals surface area contributed by atoms with Crippen LogP contribution in [0.2, 0.25) is 0 Å². The number of benzene rings is 9. The monoisotopic (exact) mass is 824 g/mol. The van der Waals surface area contributed by atoms with Crippen LogP contribution in [0.1, 0.15) is 43.6 Å². The Morgan fingerprint density at radius 3 is 1.59 bits per heavy atom. The molecule has 9 aromatic carbocycles. The van der Waals surface area contributed by atoms with Gasteiger partial charge in [0.05, 0.1) is 27.8 Å². The van der Waals surface area contributed by atoms with E-state index in [1.54, 1.807) is 0 Å². The summed E-state index contributed by atoms with van der Waals surface area (Å²) >= 11 is 0. The van der Waals surface area contributed by atoms with Gasteiger partial charge in [-0.15, -0.1) is 0 Å². The standard InChI is InChI=1S/C60H48N2Si/c1-5-20-43(21-6-1)45-24-17-30-50(40-45)63(48-26-9-3-10-27-48,49-28-11-4-12-29-49)51-31-18-25-47(42-51)61-56-35-15-14-33-53(56)55-34-19-37-58(60(55)61)62-57-36-16-13-32-52(57)54-39-38-46(41-59(54)62)44-22-7-2-8-23-44/h1,3-6,9-21,24-42,44H,2,7-8,22-23H2. The molecule has 2 aromatic heterocycles. The first-order valence-corrected chi connectivity index (χ1v) is 24.7. The van der Waals surface area contributed by atoms with Crippen molar-refractivity contribution in [1.82, 2.24) is 9.13 Å². The Morgan fingerprint density at radius 1 is 0.349 bits per heavy atom. The normalized spacial score (nSPS) is 13.7. The molecule has 12 rings (SSSR count). The van der Waals surface area contributed by atoms with Gasteiger partial charge < -0.3 is 9.13 Å². The Morgan fingerprint density at radius 2 is 0.873 bits per heavy atom. The van der Waals surface area contributed by atoms with Crippen molar-refractivity contribution in [3.63, 3.8) is 0 Å². The van der Waals surface area contributed by atoms with E-state index in [2.05, 4.69) is 234 Å². The number of para-hydroxylation sites is 3. The van der Waals surface area contributed by atoms with E-state index in [1.165, 1.54) is 119 Å². The van der Waals surface area contributed by atoms with Crippen molar-refractivity contribution in [2.45, 2.75) is 38.0 Å². The summed E-state index contributed by atoms with van der Waals surface area (Å²) in [5.74, 6) is 0.617. The zero-order valence-electron chi connectivity index (χ0n) is 35.4. The first kappa shape index (κ1) is 37.5. The summed E-state index contributed by atoms with van der Waals surface area (Å²) in [5.41, 5.74) is 11.3. The molecular weight excluding hydrogens is 777 g/mol. The van der Waals surface area contributed by atoms with Crippen molar-refractivity contribution in [3.05, 3.63) is 230 Å². The summed E-state index contributed by atoms with van der Waals surface area (Å²) in [6.07, 6.45) is 6.55. The molecule has 2 nitrogen and oxygen atoms in total. The number of rotatable bonds is 8. The quantitative estimate of drug-likeness (QED) is 0.107. The molecule has 1 aliphatic rings. The Labute approximate surface area is 370 Å². The summed E-state index contributed by atoms with van der Waals surface area (Å²) in [6, 6.07) is 84.7. The third kappa shape index (κ3) is 6.13. The number of hydrogen-bond acceptors (Lipinski definition) is 0. The van der Waals surface area contributed by atoms with E-state index in [1.807, 2.05) is 0 Å². The van der Waals surface area contributed by atoms with Gasteiger partial charge in [-0.2, -0.15) is 0 Å². The Balaban J connectivity index is 1.15. The van der Waals surface area contributed by atoms with Gasteiger partial charge in [0.25, 0.3) is 0 Å². The maximum Gasteiger partial charge on any atom is 0.179 e. The van der Waals surface area contributed by atoms with Gasteiger partial charge in [0.2, 0.25) is 0 Å². The molecule has 11 aromatic rings. The highest BCUT2D eigenvalue weighted by Gasteiger charge is 2.42. The van der Waals surface area contributed by atoms with E-state index in [-0.39, 0.29) is 0 Å². The molecule has 0 amide bonds. The van der Waals surface area contributed by atoms with E-state index >= 15 is 0 Å². The summed E-state index contributed by atoms with van der Waals surface area (Å²) in [5, 5.41) is 10.6. The second-order valence-corrected chi connectivity index (χ2v) is 21.3. The number of nitrogens with zero attached hydrogens (tertiary/aromatic N) is 2. The summed E-state index contributed by atoms with van der Waals surface area (Å²) in [7, 11) is -2.92. The van der Waals surface area contributed by atoms with Gasteiger partial charge in [0.15, 0.2) is 8.07 Å². The van der Waals surface area contributed by atoms with Gasteiger partial charge in [-0.05, 0) is 92.6 Å². The predicted octanol–water partition coefficient (Wildman–Crippen LogP) is 13.0. The molecule has 302 valence electrons. The smallest absolute Gasteiger partial charge is 0.179 e. The van der Waals surface area contributed by atoms with Crippen molar-refractivity contribution >= 4 is 72.4 Å². The van der Waals surface area contributed by atoms with Crippen molar-refractivity contribution in [2.75, 3.05) is 0 Å². The Kier molecular flexibility index (Phi) is 9.30. The predicted molar refractivity (Wildman–Crippen MR) is 270 cm³/mol. The first-order valence-electron chi connectivity index (χ1n) is 22.7. The number of hydrogen-bond donors (Lipinski definition) is 0. The molecule has 0 unspecified atom stereocenters. The second kappa shape index (κ2) is 15.6. The fourth-order valence-corrected chi connectivity index (χ4v) is 16.0. The molecule has 0 spiro atoms. The molecule has 1 aliphatic carbocycles. The van der Waals surface area contributed by atoms with Gasteiger partial charge in [0.1, 0.15) is 0 Å². The van der Waals surface area contributed by atoms with Crippen molar-refractivity contribution in [3.8, 4) is 22.5 Å². The molecule has 1 fully saturated rings. The van der Waals surface area contributed by atoms with E-state index in [0.29, 0.717) is 5.92 Å². The average Bonchev–Trinajstić information content (AvgIpc) is 3.88. The van der Waals surface area contributed by atoms with Crippen LogP contribution in [0.25, 0.3) is 66.1 Å². The topological polar surface area (TPSA) is 9.86 Å². The second-order valence-electron chi connectivity index (χ2n) is 17.5. The summed E-state index contributed by atoms with van der Waals surface area (Å²) in [6.45, 7) is 0. The van der Waals surface area contributed by atoms with Crippen LogP contribution in [0.15, 0.2) is 224 Å². The molecule has 3 heteroatoms. The van der Waals surface area contributed by atoms with Crippen molar-refractivity contribution < 1.29 is 0 Å². The largest absolute Gasteiger partial charge is 0.307 e. The van der Waals surface area contributed by atoms with Gasteiger partial charge >= 0.3 is 0 Å². The fraction of sp³-hybridized carbons (Fsp3) is 0.100. The van der Waals surface area contributed by atoms with Crippen LogP contribution < -0.4 is 20.7 Å². The Bertz CT molecular complexity index is 3390. The third-order valence-corrected chi connectivity index (χ3v) is 18.8. The van der Waals surface area contributed by atoms with Crippen LogP contribution in [0, 0.1) is 0 Å². The average molecular weight is 825 g/mol. The van der Waals surface area contributed by atoms with Crippen LogP contribution in [0.3, 0.4) is 0 Å². The minimum Gasteiger partial charge on any atom is -0.307 e. The minimum atomic E-state index is -2.92. The maximum absolute atomic E-state index is 2.92. The molecule has 0 saturated heterocycles. The summed E-state index contributed by atoms with van der Waals surface area (Å²) < 4.78 is 5.13. The number of aromatic nitrogens is 2.